The Morgan fingerprint density at radius 1 is 1.43 bits per heavy atom. The maximum atomic E-state index is 12.1. The lowest BCUT2D eigenvalue weighted by Gasteiger charge is -2.35. The third-order valence-electron chi connectivity index (χ3n) is 3.38. The lowest BCUT2D eigenvalue weighted by Crippen LogP contribution is -2.47. The van der Waals surface area contributed by atoms with E-state index >= 15 is 0 Å². The Bertz CT molecular complexity index is 759. The molecule has 2 aromatic heterocycles. The Morgan fingerprint density at radius 2 is 2.24 bits per heavy atom. The summed E-state index contributed by atoms with van der Waals surface area (Å²) in [4.78, 5) is 11.7. The van der Waals surface area contributed by atoms with E-state index in [9.17, 15) is 8.42 Å². The molecule has 9 heteroatoms. The quantitative estimate of drug-likeness (QED) is 0.907. The first-order chi connectivity index (χ1) is 10.0. The first-order valence-electron chi connectivity index (χ1n) is 6.47. The van der Waals surface area contributed by atoms with Gasteiger partial charge in [0.2, 0.25) is 5.95 Å². The Balaban J connectivity index is 2.15. The maximum absolute atomic E-state index is 12.1. The topological polar surface area (TPSA) is 75.2 Å². The van der Waals surface area contributed by atoms with E-state index in [2.05, 4.69) is 15.3 Å². The van der Waals surface area contributed by atoms with Crippen LogP contribution in [0.1, 0.15) is 0 Å². The van der Waals surface area contributed by atoms with E-state index in [1.54, 1.807) is 18.8 Å². The highest BCUT2D eigenvalue weighted by atomic mass is 32.2. The van der Waals surface area contributed by atoms with E-state index in [0.29, 0.717) is 24.1 Å². The summed E-state index contributed by atoms with van der Waals surface area (Å²) in [5.41, 5.74) is 0. The molecule has 1 unspecified atom stereocenters. The first-order valence-corrected chi connectivity index (χ1v) is 10.5. The second-order valence-corrected chi connectivity index (χ2v) is 9.06. The number of fused-ring (bicyclic) bond motifs is 1. The second-order valence-electron chi connectivity index (χ2n) is 4.81. The minimum absolute atomic E-state index is 0.519. The van der Waals surface area contributed by atoms with E-state index in [1.807, 2.05) is 16.3 Å². The molecule has 1 N–H and O–H groups in total. The molecule has 1 aliphatic rings. The lowest BCUT2D eigenvalue weighted by molar-refractivity contribution is 0.584. The molecule has 0 radical (unpaired) electrons. The number of thioether (sulfide) groups is 1. The smallest absolute Gasteiger partial charge is 0.225 e. The molecule has 2 aromatic rings. The molecule has 1 aliphatic heterocycles. The zero-order valence-corrected chi connectivity index (χ0v) is 14.2. The molecule has 0 bridgehead atoms. The van der Waals surface area contributed by atoms with Gasteiger partial charge in [0.1, 0.15) is 16.0 Å². The van der Waals surface area contributed by atoms with Crippen molar-refractivity contribution in [3.63, 3.8) is 0 Å². The van der Waals surface area contributed by atoms with Gasteiger partial charge in [0.05, 0.1) is 5.39 Å². The molecule has 0 spiro atoms. The predicted octanol–water partition coefficient (Wildman–Crippen LogP) is 1.66. The molecule has 1 fully saturated rings. The van der Waals surface area contributed by atoms with E-state index in [0.717, 1.165) is 16.0 Å². The van der Waals surface area contributed by atoms with Crippen LogP contribution in [0, 0.1) is 0 Å². The second kappa shape index (κ2) is 5.62. The molecule has 1 saturated heterocycles. The molecular weight excluding hydrogens is 328 g/mol. The van der Waals surface area contributed by atoms with Gasteiger partial charge in [-0.3, -0.25) is 0 Å². The summed E-state index contributed by atoms with van der Waals surface area (Å²) >= 11 is 3.20. The molecule has 0 saturated carbocycles. The van der Waals surface area contributed by atoms with Crippen molar-refractivity contribution in [3.8, 4) is 0 Å². The molecule has 114 valence electrons. The highest BCUT2D eigenvalue weighted by Crippen LogP contribution is 2.33. The average Bonchev–Trinajstić information content (AvgIpc) is 2.93. The van der Waals surface area contributed by atoms with Crippen LogP contribution in [0.4, 0.5) is 11.8 Å². The number of nitrogens with one attached hydrogen (secondary N) is 1. The molecule has 1 atom stereocenters. The van der Waals surface area contributed by atoms with E-state index in [-0.39, 0.29) is 0 Å². The fraction of sp³-hybridized carbons (Fsp3) is 0.500. The summed E-state index contributed by atoms with van der Waals surface area (Å²) in [6.45, 7) is 0.674. The van der Waals surface area contributed by atoms with Crippen LogP contribution < -0.4 is 10.2 Å². The molecule has 0 aliphatic carbocycles. The zero-order valence-electron chi connectivity index (χ0n) is 11.7. The lowest BCUT2D eigenvalue weighted by atomic mass is 10.3. The van der Waals surface area contributed by atoms with Crippen LogP contribution in [0.5, 0.6) is 0 Å². The van der Waals surface area contributed by atoms with Gasteiger partial charge in [0, 0.05) is 31.4 Å². The van der Waals surface area contributed by atoms with Crippen LogP contribution in [0.15, 0.2) is 11.4 Å². The number of hydrogen-bond donors (Lipinski definition) is 1. The average molecular weight is 344 g/mol. The fourth-order valence-electron chi connectivity index (χ4n) is 2.35. The minimum atomic E-state index is -3.17. The zero-order chi connectivity index (χ0) is 15.0. The number of rotatable bonds is 3. The van der Waals surface area contributed by atoms with Crippen molar-refractivity contribution in [2.24, 2.45) is 0 Å². The monoisotopic (exact) mass is 344 g/mol. The normalized spacial score (nSPS) is 19.9. The summed E-state index contributed by atoms with van der Waals surface area (Å²) in [6.07, 6.45) is 1.29. The van der Waals surface area contributed by atoms with Crippen molar-refractivity contribution in [3.05, 3.63) is 11.4 Å². The number of nitrogens with zero attached hydrogens (tertiary/aromatic N) is 3. The molecule has 0 aromatic carbocycles. The van der Waals surface area contributed by atoms with Crippen molar-refractivity contribution in [1.82, 2.24) is 9.97 Å². The summed E-state index contributed by atoms with van der Waals surface area (Å²) < 4.78 is 24.2. The van der Waals surface area contributed by atoms with Crippen molar-refractivity contribution >= 4 is 54.9 Å². The Morgan fingerprint density at radius 3 is 2.95 bits per heavy atom. The van der Waals surface area contributed by atoms with Gasteiger partial charge in [-0.2, -0.15) is 16.7 Å². The van der Waals surface area contributed by atoms with Gasteiger partial charge in [-0.25, -0.2) is 13.4 Å². The number of aromatic nitrogens is 2. The summed E-state index contributed by atoms with van der Waals surface area (Å²) in [5, 5.41) is 5.29. The molecule has 3 heterocycles. The molecule has 21 heavy (non-hydrogen) atoms. The van der Waals surface area contributed by atoms with Gasteiger partial charge in [-0.15, -0.1) is 11.3 Å². The molecule has 0 amide bonds. The SMILES string of the molecule is CNc1nc(N2CCSCC2S(C)(=O)=O)c2ccsc2n1. The van der Waals surface area contributed by atoms with Crippen LogP contribution in [0.25, 0.3) is 10.2 Å². The largest absolute Gasteiger partial charge is 0.357 e. The van der Waals surface area contributed by atoms with Gasteiger partial charge in [0.15, 0.2) is 9.84 Å². The first kappa shape index (κ1) is 14.9. The Labute approximate surface area is 131 Å². The standard InChI is InChI=1S/C12H16N4O2S3/c1-13-12-14-10(8-3-5-20-11(8)15-12)16-4-6-19-7-9(16)21(2,17)18/h3,5,9H,4,6-7H2,1-2H3,(H,13,14,15). The fourth-order valence-corrected chi connectivity index (χ4v) is 5.93. The van der Waals surface area contributed by atoms with Crippen LogP contribution in [0.2, 0.25) is 0 Å². The number of hydrogen-bond acceptors (Lipinski definition) is 8. The van der Waals surface area contributed by atoms with Crippen LogP contribution >= 0.6 is 23.1 Å². The van der Waals surface area contributed by atoms with Gasteiger partial charge >= 0.3 is 0 Å². The van der Waals surface area contributed by atoms with Crippen molar-refractivity contribution in [2.75, 3.05) is 41.6 Å². The van der Waals surface area contributed by atoms with E-state index in [1.165, 1.54) is 17.6 Å². The summed E-state index contributed by atoms with van der Waals surface area (Å²) in [5.74, 6) is 2.70. The van der Waals surface area contributed by atoms with Crippen LogP contribution in [0.3, 0.4) is 0 Å². The minimum Gasteiger partial charge on any atom is -0.357 e. The van der Waals surface area contributed by atoms with Gasteiger partial charge < -0.3 is 10.2 Å². The summed E-state index contributed by atoms with van der Waals surface area (Å²) in [7, 11) is -1.40. The van der Waals surface area contributed by atoms with Crippen LogP contribution in [-0.4, -0.2) is 55.1 Å². The Kier molecular flexibility index (Phi) is 3.98. The highest BCUT2D eigenvalue weighted by Gasteiger charge is 2.33. The number of anilines is 2. The van der Waals surface area contributed by atoms with Crippen molar-refractivity contribution in [1.29, 1.82) is 0 Å². The van der Waals surface area contributed by atoms with Crippen LogP contribution in [-0.2, 0) is 9.84 Å². The van der Waals surface area contributed by atoms with E-state index < -0.39 is 15.2 Å². The van der Waals surface area contributed by atoms with Crippen molar-refractivity contribution < 1.29 is 8.42 Å². The molecule has 6 nitrogen and oxygen atoms in total. The number of sulfone groups is 1. The van der Waals surface area contributed by atoms with Gasteiger partial charge in [0.25, 0.3) is 0 Å². The Hall–Kier alpha value is -1.06. The predicted molar refractivity (Wildman–Crippen MR) is 90.3 cm³/mol. The third-order valence-corrected chi connectivity index (χ3v) is 6.83. The van der Waals surface area contributed by atoms with Gasteiger partial charge in [-0.05, 0) is 11.4 Å². The summed E-state index contributed by atoms with van der Waals surface area (Å²) in [6, 6.07) is 1.95. The highest BCUT2D eigenvalue weighted by molar-refractivity contribution is 8.01. The molecule has 3 rings (SSSR count). The van der Waals surface area contributed by atoms with Gasteiger partial charge in [-0.1, -0.05) is 0 Å². The maximum Gasteiger partial charge on any atom is 0.225 e. The van der Waals surface area contributed by atoms with E-state index in [4.69, 9.17) is 0 Å². The third kappa shape index (κ3) is 2.82. The van der Waals surface area contributed by atoms with Crippen molar-refractivity contribution in [2.45, 2.75) is 5.37 Å². The molecular formula is C12H16N4O2S3. The number of thiophene rings is 1.